The zero-order valence-electron chi connectivity index (χ0n) is 11.5. The molecule has 0 spiro atoms. The minimum atomic E-state index is -0.640. The third-order valence-corrected chi connectivity index (χ3v) is 4.24. The lowest BCUT2D eigenvalue weighted by atomic mass is 10.1. The number of amides is 1. The first-order valence-corrected chi connectivity index (χ1v) is 7.56. The molecule has 0 saturated heterocycles. The van der Waals surface area contributed by atoms with Crippen LogP contribution in [-0.2, 0) is 16.0 Å². The largest absolute Gasteiger partial charge is 0.480 e. The number of methoxy groups -OCH3 is 1. The molecule has 2 aromatic rings. The molecular formula is C14H11ClN2O4S. The first kappa shape index (κ1) is 14.8. The number of hydrogen-bond acceptors (Lipinski definition) is 6. The number of aromatic nitrogens is 1. The zero-order chi connectivity index (χ0) is 15.7. The Balaban J connectivity index is 1.66. The number of thiazole rings is 1. The molecule has 1 aliphatic heterocycles. The number of esters is 1. The quantitative estimate of drug-likeness (QED) is 0.870. The number of anilines is 1. The Hall–Kier alpha value is -2.12. The topological polar surface area (TPSA) is 77.5 Å². The van der Waals surface area contributed by atoms with Crippen LogP contribution in [0.1, 0.15) is 15.2 Å². The van der Waals surface area contributed by atoms with Crippen LogP contribution in [0.5, 0.6) is 5.75 Å². The molecule has 0 fully saturated rings. The maximum absolute atomic E-state index is 12.2. The van der Waals surface area contributed by atoms with Crippen molar-refractivity contribution in [3.8, 4) is 5.75 Å². The number of carbonyl (C=O) groups is 2. The highest BCUT2D eigenvalue weighted by atomic mass is 35.5. The molecule has 0 saturated carbocycles. The average molecular weight is 339 g/mol. The Morgan fingerprint density at radius 1 is 1.50 bits per heavy atom. The fraction of sp³-hybridized carbons (Fsp3) is 0.214. The third kappa shape index (κ3) is 2.90. The van der Waals surface area contributed by atoms with E-state index in [0.29, 0.717) is 27.2 Å². The van der Waals surface area contributed by atoms with E-state index in [9.17, 15) is 9.59 Å². The van der Waals surface area contributed by atoms with Gasteiger partial charge in [-0.3, -0.25) is 10.1 Å². The van der Waals surface area contributed by atoms with Crippen LogP contribution in [0.25, 0.3) is 0 Å². The average Bonchev–Trinajstić information content (AvgIpc) is 3.12. The molecule has 1 amide bonds. The van der Waals surface area contributed by atoms with Gasteiger partial charge in [0.2, 0.25) is 0 Å². The summed E-state index contributed by atoms with van der Waals surface area (Å²) in [5.41, 5.74) is 0.891. The van der Waals surface area contributed by atoms with Gasteiger partial charge in [0.1, 0.15) is 10.6 Å². The van der Waals surface area contributed by atoms with Crippen LogP contribution < -0.4 is 10.1 Å². The van der Waals surface area contributed by atoms with Crippen LogP contribution in [-0.4, -0.2) is 30.1 Å². The molecule has 22 heavy (non-hydrogen) atoms. The summed E-state index contributed by atoms with van der Waals surface area (Å²) in [5.74, 6) is -0.158. The van der Waals surface area contributed by atoms with Crippen molar-refractivity contribution in [2.45, 2.75) is 12.5 Å². The van der Waals surface area contributed by atoms with E-state index in [2.05, 4.69) is 15.0 Å². The molecule has 3 rings (SSSR count). The number of nitrogens with one attached hydrogen (secondary N) is 1. The summed E-state index contributed by atoms with van der Waals surface area (Å²) < 4.78 is 10.2. The van der Waals surface area contributed by atoms with Gasteiger partial charge >= 0.3 is 5.97 Å². The summed E-state index contributed by atoms with van der Waals surface area (Å²) in [6, 6.07) is 5.23. The summed E-state index contributed by atoms with van der Waals surface area (Å²) in [7, 11) is 1.29. The van der Waals surface area contributed by atoms with E-state index in [4.69, 9.17) is 16.3 Å². The van der Waals surface area contributed by atoms with E-state index >= 15 is 0 Å². The lowest BCUT2D eigenvalue weighted by Crippen LogP contribution is -2.31. The van der Waals surface area contributed by atoms with Crippen molar-refractivity contribution < 1.29 is 19.1 Å². The molecule has 1 atom stereocenters. The van der Waals surface area contributed by atoms with E-state index in [1.807, 2.05) is 0 Å². The number of hydrogen-bond donors (Lipinski definition) is 1. The number of benzene rings is 1. The fourth-order valence-electron chi connectivity index (χ4n) is 2.08. The van der Waals surface area contributed by atoms with Gasteiger partial charge in [-0.15, -0.1) is 0 Å². The van der Waals surface area contributed by atoms with Crippen molar-refractivity contribution in [1.29, 1.82) is 0 Å². The molecule has 1 aliphatic rings. The van der Waals surface area contributed by atoms with Crippen molar-refractivity contribution in [3.63, 3.8) is 0 Å². The highest BCUT2D eigenvalue weighted by molar-refractivity contribution is 7.17. The van der Waals surface area contributed by atoms with Gasteiger partial charge in [0, 0.05) is 11.4 Å². The first-order chi connectivity index (χ1) is 10.6. The molecule has 2 heterocycles. The van der Waals surface area contributed by atoms with Crippen molar-refractivity contribution in [2.75, 3.05) is 12.4 Å². The van der Waals surface area contributed by atoms with Gasteiger partial charge in [-0.1, -0.05) is 22.9 Å². The highest BCUT2D eigenvalue weighted by Crippen LogP contribution is 2.31. The maximum Gasteiger partial charge on any atom is 0.349 e. The van der Waals surface area contributed by atoms with E-state index in [1.54, 1.807) is 18.2 Å². The minimum absolute atomic E-state index is 0.320. The SMILES string of the molecule is COC(=O)c1cnc(NC(=O)[C@H]2Cc3cc(Cl)ccc3O2)s1. The molecule has 1 N–H and O–H groups in total. The Bertz CT molecular complexity index is 746. The molecular weight excluding hydrogens is 328 g/mol. The number of rotatable bonds is 3. The predicted octanol–water partition coefficient (Wildman–Crippen LogP) is 2.53. The zero-order valence-corrected chi connectivity index (χ0v) is 13.0. The van der Waals surface area contributed by atoms with E-state index in [0.717, 1.165) is 16.9 Å². The molecule has 1 aromatic heterocycles. The number of fused-ring (bicyclic) bond motifs is 1. The Kier molecular flexibility index (Phi) is 4.00. The van der Waals surface area contributed by atoms with Crippen molar-refractivity contribution in [1.82, 2.24) is 4.98 Å². The maximum atomic E-state index is 12.2. The monoisotopic (exact) mass is 338 g/mol. The number of carbonyl (C=O) groups excluding carboxylic acids is 2. The standard InChI is InChI=1S/C14H11ClN2O4S/c1-20-13(19)11-6-16-14(22-11)17-12(18)10-5-7-4-8(15)2-3-9(7)21-10/h2-4,6,10H,5H2,1H3,(H,16,17,18)/t10-/m1/s1. The lowest BCUT2D eigenvalue weighted by Gasteiger charge is -2.09. The fourth-order valence-corrected chi connectivity index (χ4v) is 3.01. The van der Waals surface area contributed by atoms with Crippen LogP contribution in [0, 0.1) is 0 Å². The van der Waals surface area contributed by atoms with Gasteiger partial charge in [-0.25, -0.2) is 9.78 Å². The molecule has 114 valence electrons. The van der Waals surface area contributed by atoms with Crippen molar-refractivity contribution in [3.05, 3.63) is 39.9 Å². The number of nitrogens with zero attached hydrogens (tertiary/aromatic N) is 1. The second-order valence-corrected chi connectivity index (χ2v) is 6.04. The molecule has 1 aromatic carbocycles. The second-order valence-electron chi connectivity index (χ2n) is 4.57. The van der Waals surface area contributed by atoms with Crippen LogP contribution in [0.4, 0.5) is 5.13 Å². The Morgan fingerprint density at radius 3 is 3.09 bits per heavy atom. The summed E-state index contributed by atoms with van der Waals surface area (Å²) in [5, 5.41) is 3.56. The summed E-state index contributed by atoms with van der Waals surface area (Å²) in [6.07, 6.45) is 1.16. The summed E-state index contributed by atoms with van der Waals surface area (Å²) in [4.78, 5) is 27.8. The summed E-state index contributed by atoms with van der Waals surface area (Å²) >= 11 is 6.96. The van der Waals surface area contributed by atoms with Crippen LogP contribution in [0.15, 0.2) is 24.4 Å². The van der Waals surface area contributed by atoms with Gasteiger partial charge in [-0.05, 0) is 23.8 Å². The van der Waals surface area contributed by atoms with E-state index < -0.39 is 12.1 Å². The second kappa shape index (κ2) is 5.94. The van der Waals surface area contributed by atoms with Gasteiger partial charge < -0.3 is 9.47 Å². The van der Waals surface area contributed by atoms with Crippen molar-refractivity contribution >= 4 is 39.9 Å². The lowest BCUT2D eigenvalue weighted by molar-refractivity contribution is -0.122. The van der Waals surface area contributed by atoms with Crippen LogP contribution in [0.2, 0.25) is 5.02 Å². The number of ether oxygens (including phenoxy) is 2. The van der Waals surface area contributed by atoms with Crippen LogP contribution >= 0.6 is 22.9 Å². The van der Waals surface area contributed by atoms with Crippen molar-refractivity contribution in [2.24, 2.45) is 0 Å². The first-order valence-electron chi connectivity index (χ1n) is 6.37. The smallest absolute Gasteiger partial charge is 0.349 e. The van der Waals surface area contributed by atoms with E-state index in [-0.39, 0.29) is 5.91 Å². The summed E-state index contributed by atoms with van der Waals surface area (Å²) in [6.45, 7) is 0. The van der Waals surface area contributed by atoms with E-state index in [1.165, 1.54) is 13.3 Å². The van der Waals surface area contributed by atoms with Gasteiger partial charge in [-0.2, -0.15) is 0 Å². The Labute approximate surface area is 135 Å². The predicted molar refractivity (Wildman–Crippen MR) is 81.7 cm³/mol. The highest BCUT2D eigenvalue weighted by Gasteiger charge is 2.29. The molecule has 0 bridgehead atoms. The normalized spacial score (nSPS) is 15.8. The van der Waals surface area contributed by atoms with Gasteiger partial charge in [0.05, 0.1) is 13.3 Å². The third-order valence-electron chi connectivity index (χ3n) is 3.11. The molecule has 6 nitrogen and oxygen atoms in total. The number of halogens is 1. The Morgan fingerprint density at radius 2 is 2.32 bits per heavy atom. The molecule has 0 aliphatic carbocycles. The van der Waals surface area contributed by atoms with Gasteiger partial charge in [0.25, 0.3) is 5.91 Å². The van der Waals surface area contributed by atoms with Gasteiger partial charge in [0.15, 0.2) is 11.2 Å². The molecule has 8 heteroatoms. The molecule has 0 radical (unpaired) electrons. The van der Waals surface area contributed by atoms with Crippen LogP contribution in [0.3, 0.4) is 0 Å². The molecule has 0 unspecified atom stereocenters. The minimum Gasteiger partial charge on any atom is -0.480 e.